The zero-order valence-electron chi connectivity index (χ0n) is 77.0. The van der Waals surface area contributed by atoms with Gasteiger partial charge >= 0.3 is 0 Å². The molecule has 0 spiro atoms. The highest BCUT2D eigenvalue weighted by Crippen LogP contribution is 2.49. The summed E-state index contributed by atoms with van der Waals surface area (Å²) in [6.07, 6.45) is -0.594. The predicted octanol–water partition coefficient (Wildman–Crippen LogP) is 20.2. The van der Waals surface area contributed by atoms with E-state index in [4.69, 9.17) is 40.9 Å². The molecule has 148 heavy (non-hydrogen) atoms. The molecule has 0 bridgehead atoms. The molecule has 0 amide bonds. The molecule has 34 nitrogen and oxygen atoms in total. The Labute approximate surface area is 834 Å². The van der Waals surface area contributed by atoms with Crippen molar-refractivity contribution in [2.45, 2.75) is 32.3 Å². The zero-order valence-corrected chi connectivity index (χ0v) is 77.0. The molecule has 0 aliphatic heterocycles. The number of benzene rings is 21. The minimum Gasteiger partial charge on any atom is -0.508 e. The minimum absolute atomic E-state index is 0.00412. The molecule has 34 heteroatoms. The van der Waals surface area contributed by atoms with Crippen LogP contribution in [0.3, 0.4) is 0 Å². The van der Waals surface area contributed by atoms with Gasteiger partial charge in [0.05, 0.1) is 27.3 Å². The van der Waals surface area contributed by atoms with E-state index < -0.39 is 11.9 Å². The van der Waals surface area contributed by atoms with Gasteiger partial charge in [0, 0.05) is 148 Å². The Morgan fingerprint density at radius 1 is 0.182 bits per heavy atom. The maximum atomic E-state index is 12.0. The van der Waals surface area contributed by atoms with Crippen molar-refractivity contribution >= 4 is 103 Å². The summed E-state index contributed by atoms with van der Waals surface area (Å²) in [5.41, 5.74) is 4.29. The Morgan fingerprint density at radius 3 is 0.736 bits per heavy atom. The first-order valence-corrected chi connectivity index (χ1v) is 44.2. The molecule has 0 unspecified atom stereocenters. The van der Waals surface area contributed by atoms with Crippen molar-refractivity contribution in [2.75, 3.05) is 0 Å². The normalized spacial score (nSPS) is 11.0. The van der Waals surface area contributed by atoms with Gasteiger partial charge in [0.15, 0.2) is 5.78 Å². The lowest BCUT2D eigenvalue weighted by atomic mass is 9.93. The van der Waals surface area contributed by atoms with Gasteiger partial charge in [-0.3, -0.25) is 4.79 Å². The quantitative estimate of drug-likeness (QED) is 0.0446. The molecule has 0 fully saturated rings. The number of phenols is 32. The Balaban J connectivity index is 0.000000133. The third kappa shape index (κ3) is 22.2. The first-order chi connectivity index (χ1) is 70.2. The summed E-state index contributed by atoms with van der Waals surface area (Å²) in [4.78, 5) is 12.0. The van der Waals surface area contributed by atoms with E-state index in [9.17, 15) is 132 Å². The van der Waals surface area contributed by atoms with E-state index >= 15 is 0 Å². The SMILES string of the molecule is Cc1cc(Cc2ccc3cc(O)cc(O)c3c2O)c(O)c(Cc2ccc3cc(O)cc(O)c3c2O)c1.O=C(c1ccc(O)cc1O)c1ccc(O)cc1O.Oc1cc(O)c2c(O)cc(O)cc2c1.Oc1cc(O)c2cc3c(O)c4cc5c(O)cc(O)cc5cc4cc3cc2c1.Oc1cc(O)c2cc3c(O)cc(O)cc3cc2c1.Oc1ccc(C(O)c2ccc(O)cc2O)c(O)c1.Oc1ccc(Cc2ccc(O)cc2O)c(O)c1. The summed E-state index contributed by atoms with van der Waals surface area (Å²) in [6, 6.07) is 66.8. The monoisotopic (exact) mass is 2000 g/mol. The second-order valence-corrected chi connectivity index (χ2v) is 34.5. The van der Waals surface area contributed by atoms with Gasteiger partial charge in [0.1, 0.15) is 190 Å². The number of hydrogen-bond donors (Lipinski definition) is 33. The minimum atomic E-state index is -1.26. The van der Waals surface area contributed by atoms with Gasteiger partial charge in [0.25, 0.3) is 0 Å². The molecule has 21 aromatic rings. The highest BCUT2D eigenvalue weighted by molar-refractivity contribution is 6.15. The maximum absolute atomic E-state index is 12.0. The van der Waals surface area contributed by atoms with Crippen molar-refractivity contribution in [3.63, 3.8) is 0 Å². The van der Waals surface area contributed by atoms with Crippen LogP contribution in [-0.2, 0) is 19.3 Å². The fourth-order valence-electron chi connectivity index (χ4n) is 17.0. The van der Waals surface area contributed by atoms with E-state index in [2.05, 4.69) is 0 Å². The number of aliphatic hydroxyl groups excluding tert-OH is 1. The van der Waals surface area contributed by atoms with Gasteiger partial charge in [0.2, 0.25) is 0 Å². The molecule has 21 rings (SSSR count). The molecule has 750 valence electrons. The van der Waals surface area contributed by atoms with Gasteiger partial charge in [-0.25, -0.2) is 0 Å². The number of carbonyl (C=O) groups is 1. The van der Waals surface area contributed by atoms with Crippen LogP contribution in [0.2, 0.25) is 0 Å². The summed E-state index contributed by atoms with van der Waals surface area (Å²) in [5, 5.41) is 330. The smallest absolute Gasteiger partial charge is 0.200 e. The zero-order chi connectivity index (χ0) is 107. The molecule has 0 heterocycles. The van der Waals surface area contributed by atoms with E-state index in [0.29, 0.717) is 110 Å². The van der Waals surface area contributed by atoms with Crippen LogP contribution in [0.1, 0.15) is 72.1 Å². The van der Waals surface area contributed by atoms with Crippen molar-refractivity contribution in [3.05, 3.63) is 346 Å². The first kappa shape index (κ1) is 102. The molecule has 0 aliphatic carbocycles. The molecule has 0 saturated carbocycles. The van der Waals surface area contributed by atoms with Crippen molar-refractivity contribution < 1.29 is 173 Å². The van der Waals surface area contributed by atoms with Crippen molar-refractivity contribution in [1.82, 2.24) is 0 Å². The van der Waals surface area contributed by atoms with Gasteiger partial charge in [-0.15, -0.1) is 0 Å². The maximum Gasteiger partial charge on any atom is 0.200 e. The lowest BCUT2D eigenvalue weighted by molar-refractivity contribution is 0.103. The van der Waals surface area contributed by atoms with Crippen molar-refractivity contribution in [1.29, 1.82) is 0 Å². The molecular weight excluding hydrogens is 1910 g/mol. The van der Waals surface area contributed by atoms with Crippen LogP contribution < -0.4 is 0 Å². The van der Waals surface area contributed by atoms with Crippen LogP contribution in [0.5, 0.6) is 184 Å². The third-order valence-corrected chi connectivity index (χ3v) is 24.0. The topological polar surface area (TPSA) is 685 Å². The van der Waals surface area contributed by atoms with Gasteiger partial charge in [-0.1, -0.05) is 54.1 Å². The second kappa shape index (κ2) is 41.5. The number of rotatable bonds is 10. The average Bonchev–Trinajstić information content (AvgIpc) is 0.740. The largest absolute Gasteiger partial charge is 0.508 e. The lowest BCUT2D eigenvalue weighted by Crippen LogP contribution is -2.01. The predicted molar refractivity (Wildman–Crippen MR) is 549 cm³/mol. The third-order valence-electron chi connectivity index (χ3n) is 24.0. The van der Waals surface area contributed by atoms with E-state index in [1.54, 1.807) is 97.1 Å². The molecule has 33 N–H and O–H groups in total. The first-order valence-electron chi connectivity index (χ1n) is 44.2. The molecule has 21 aromatic carbocycles. The number of hydrogen-bond acceptors (Lipinski definition) is 34. The highest BCUT2D eigenvalue weighted by Gasteiger charge is 2.25. The molecular formula is C114H90O34. The average molecular weight is 2000 g/mol. The van der Waals surface area contributed by atoms with Crippen LogP contribution in [0.4, 0.5) is 0 Å². The number of ketones is 1. The van der Waals surface area contributed by atoms with Crippen LogP contribution in [-0.4, -0.2) is 174 Å². The number of aryl methyl sites for hydroxylation is 1. The fourth-order valence-corrected chi connectivity index (χ4v) is 17.0. The Hall–Kier alpha value is -20.8. The van der Waals surface area contributed by atoms with Crippen LogP contribution in [0.15, 0.2) is 285 Å². The number of aromatic hydroxyl groups is 32. The van der Waals surface area contributed by atoms with Crippen molar-refractivity contribution in [2.24, 2.45) is 0 Å². The van der Waals surface area contributed by atoms with E-state index in [1.165, 1.54) is 133 Å². The Bertz CT molecular complexity index is 8380. The fraction of sp³-hybridized carbons (Fsp3) is 0.0439. The van der Waals surface area contributed by atoms with Gasteiger partial charge in [-0.05, 0) is 240 Å². The Morgan fingerprint density at radius 2 is 0.426 bits per heavy atom. The number of phenolic OH excluding ortho intramolecular Hbond substituents is 32. The second-order valence-electron chi connectivity index (χ2n) is 34.5. The number of fused-ring (bicyclic) bond motifs is 9. The number of carbonyl (C=O) groups excluding carboxylic acids is 1. The summed E-state index contributed by atoms with van der Waals surface area (Å²) < 4.78 is 0. The molecule has 0 aromatic heterocycles. The standard InChI is InChI=1S/C29H24O7.C22H14O5.C14H10O4.C13H12O5.C13H10O5.C13H12O4.C10H8O4/c1-14-6-19(8-17-4-2-15-10-21(30)12-23(32)25(15)28(17)35)27(34)20(7-14)9-18-5-3-16-11-22(31)13-24(33)26(16)29(18)36;23-14-4-12-2-10-1-11-3-13-5-15(24)7-21(26)17(13)9-19(11)22(27)18(10)8-16(12)20(25)6-14;15-9-2-7-1-8-3-10(16)5-14(18)12(8)6-11(7)13(17)4-9;2*14-7-1-3-9(11(16)5-7)13(18)10-4-2-8(15)6-12(10)17;14-10-3-1-8(12(16)6-10)5-9-2-4-11(15)7-13(9)17;11-6-1-5-2-7(12)4-9(14)10(5)8(13)3-6/h2-7,10-13,30-36H,8-9H2,1H3;1-9,23-27H;1-6,15-18H;1-6,13-18H;1-6,14-17H;1-4,6-7,14-17H,5H2;1-4,11-14H. The van der Waals surface area contributed by atoms with Crippen LogP contribution in [0, 0.1) is 6.92 Å². The van der Waals surface area contributed by atoms with E-state index in [1.807, 2.05) is 13.0 Å². The van der Waals surface area contributed by atoms with E-state index in [-0.39, 0.29) is 235 Å². The molecule has 0 saturated heterocycles. The van der Waals surface area contributed by atoms with E-state index in [0.717, 1.165) is 64.9 Å². The van der Waals surface area contributed by atoms with Crippen LogP contribution >= 0.6 is 0 Å². The summed E-state index contributed by atoms with van der Waals surface area (Å²) in [7, 11) is 0. The Kier molecular flexibility index (Phi) is 28.5. The van der Waals surface area contributed by atoms with Crippen LogP contribution in [0.25, 0.3) is 97.0 Å². The van der Waals surface area contributed by atoms with Gasteiger partial charge < -0.3 is 169 Å². The molecule has 0 atom stereocenters. The summed E-state index contributed by atoms with van der Waals surface area (Å²) in [5.74, 6) is -4.69. The molecule has 0 radical (unpaired) electrons. The lowest BCUT2D eigenvalue weighted by Gasteiger charge is -2.15. The van der Waals surface area contributed by atoms with Gasteiger partial charge in [-0.2, -0.15) is 0 Å². The van der Waals surface area contributed by atoms with Crippen molar-refractivity contribution in [3.8, 4) is 184 Å². The highest BCUT2D eigenvalue weighted by atomic mass is 16.3. The summed E-state index contributed by atoms with van der Waals surface area (Å²) in [6.45, 7) is 1.87. The molecule has 0 aliphatic rings. The summed E-state index contributed by atoms with van der Waals surface area (Å²) >= 11 is 0. The number of aliphatic hydroxyl groups is 1.